The summed E-state index contributed by atoms with van der Waals surface area (Å²) in [6.45, 7) is 1.11. The van der Waals surface area contributed by atoms with Crippen LogP contribution in [-0.4, -0.2) is 28.5 Å². The molecule has 0 spiro atoms. The Hall–Kier alpha value is -3.29. The maximum absolute atomic E-state index is 14.9. The first kappa shape index (κ1) is 21.9. The number of carbonyl (C=O) groups excluding carboxylic acids is 1. The minimum absolute atomic E-state index is 0.0265. The number of amides is 1. The minimum atomic E-state index is -4.74. The molecule has 2 aromatic carbocycles. The van der Waals surface area contributed by atoms with Crippen LogP contribution in [-0.2, 0) is 12.7 Å². The lowest BCUT2D eigenvalue weighted by atomic mass is 9.99. The molecule has 1 saturated carbocycles. The summed E-state index contributed by atoms with van der Waals surface area (Å²) in [4.78, 5) is 14.9. The van der Waals surface area contributed by atoms with E-state index in [1.54, 1.807) is 37.4 Å². The largest absolute Gasteiger partial charge is 0.431 e. The molecule has 0 bridgehead atoms. The van der Waals surface area contributed by atoms with Gasteiger partial charge in [-0.25, -0.2) is 4.39 Å². The van der Waals surface area contributed by atoms with Crippen molar-refractivity contribution in [2.45, 2.75) is 38.5 Å². The second-order valence-electron chi connectivity index (χ2n) is 8.15. The molecule has 1 aliphatic carbocycles. The van der Waals surface area contributed by atoms with Crippen molar-refractivity contribution in [1.82, 2.24) is 9.47 Å². The minimum Gasteiger partial charge on any atom is -0.399 e. The molecule has 1 aromatic heterocycles. The van der Waals surface area contributed by atoms with Crippen LogP contribution in [0.15, 0.2) is 48.5 Å². The van der Waals surface area contributed by atoms with Crippen molar-refractivity contribution in [2.24, 2.45) is 0 Å². The zero-order valence-corrected chi connectivity index (χ0v) is 17.7. The van der Waals surface area contributed by atoms with Gasteiger partial charge < -0.3 is 15.2 Å². The number of nitrogen functional groups attached to an aromatic ring is 1. The van der Waals surface area contributed by atoms with Gasteiger partial charge in [0.25, 0.3) is 5.91 Å². The van der Waals surface area contributed by atoms with Crippen LogP contribution in [0.2, 0.25) is 0 Å². The number of hydrogen-bond donors (Lipinski definition) is 1. The predicted molar refractivity (Wildman–Crippen MR) is 115 cm³/mol. The lowest BCUT2D eigenvalue weighted by Crippen LogP contribution is -2.32. The molecule has 2 N–H and O–H groups in total. The summed E-state index contributed by atoms with van der Waals surface area (Å²) in [5.74, 6) is -1.34. The van der Waals surface area contributed by atoms with E-state index in [-0.39, 0.29) is 40.7 Å². The van der Waals surface area contributed by atoms with Gasteiger partial charge in [-0.05, 0) is 49.1 Å². The number of halogens is 4. The van der Waals surface area contributed by atoms with Crippen molar-refractivity contribution in [3.8, 4) is 11.1 Å². The summed E-state index contributed by atoms with van der Waals surface area (Å²) in [5.41, 5.74) is 4.93. The molecule has 0 atom stereocenters. The lowest BCUT2D eigenvalue weighted by Gasteiger charge is -2.21. The average molecular weight is 445 g/mol. The van der Waals surface area contributed by atoms with Gasteiger partial charge in [0.05, 0.1) is 0 Å². The maximum Gasteiger partial charge on any atom is 0.431 e. The third-order valence-electron chi connectivity index (χ3n) is 5.84. The molecular weight excluding hydrogens is 422 g/mol. The fourth-order valence-corrected chi connectivity index (χ4v) is 4.12. The first-order valence-corrected chi connectivity index (χ1v) is 10.3. The number of aromatic nitrogens is 1. The summed E-state index contributed by atoms with van der Waals surface area (Å²) in [6.07, 6.45) is -3.16. The second kappa shape index (κ2) is 8.00. The van der Waals surface area contributed by atoms with Crippen molar-refractivity contribution in [1.29, 1.82) is 0 Å². The molecule has 4 rings (SSSR count). The standard InChI is InChI=1S/C24H23F4N3O/c1-14-20(18-11-8-16(29)12-19(18)25)21(23(32)30(2)17-9-10-17)31(22(14)24(26,27)28)13-15-6-4-3-5-7-15/h3-8,11-12,17H,9-10,13,29H2,1-2H3. The van der Waals surface area contributed by atoms with Crippen molar-refractivity contribution in [3.63, 3.8) is 0 Å². The number of nitrogens with two attached hydrogens (primary N) is 1. The maximum atomic E-state index is 14.9. The van der Waals surface area contributed by atoms with Crippen LogP contribution in [0.5, 0.6) is 0 Å². The van der Waals surface area contributed by atoms with Gasteiger partial charge >= 0.3 is 6.18 Å². The molecule has 3 aromatic rings. The number of benzene rings is 2. The molecule has 0 aliphatic heterocycles. The molecule has 1 fully saturated rings. The molecule has 0 radical (unpaired) electrons. The molecule has 32 heavy (non-hydrogen) atoms. The Labute approximate surface area is 183 Å². The topological polar surface area (TPSA) is 51.3 Å². The molecule has 1 amide bonds. The Balaban J connectivity index is 2.02. The number of hydrogen-bond acceptors (Lipinski definition) is 2. The van der Waals surface area contributed by atoms with Crippen molar-refractivity contribution in [3.05, 3.63) is 76.9 Å². The summed E-state index contributed by atoms with van der Waals surface area (Å²) in [6, 6.07) is 12.4. The Morgan fingerprint density at radius 2 is 1.81 bits per heavy atom. The fourth-order valence-electron chi connectivity index (χ4n) is 4.12. The highest BCUT2D eigenvalue weighted by Gasteiger charge is 2.43. The van der Waals surface area contributed by atoms with Crippen LogP contribution < -0.4 is 5.73 Å². The Morgan fingerprint density at radius 1 is 1.16 bits per heavy atom. The first-order chi connectivity index (χ1) is 15.1. The summed E-state index contributed by atoms with van der Waals surface area (Å²) in [5, 5.41) is 0. The third-order valence-corrected chi connectivity index (χ3v) is 5.84. The van der Waals surface area contributed by atoms with Gasteiger partial charge in [0.2, 0.25) is 0 Å². The van der Waals surface area contributed by atoms with Crippen LogP contribution in [0.4, 0.5) is 23.2 Å². The van der Waals surface area contributed by atoms with E-state index in [4.69, 9.17) is 5.73 Å². The monoisotopic (exact) mass is 445 g/mol. The normalized spacial score (nSPS) is 13.9. The SMILES string of the molecule is Cc1c(-c2ccc(N)cc2F)c(C(=O)N(C)C2CC2)n(Cc2ccccc2)c1C(F)(F)F. The van der Waals surface area contributed by atoms with E-state index in [0.29, 0.717) is 5.56 Å². The van der Waals surface area contributed by atoms with Crippen LogP contribution in [0.25, 0.3) is 11.1 Å². The average Bonchev–Trinajstić information content (AvgIpc) is 3.52. The number of alkyl halides is 3. The molecule has 1 aliphatic rings. The number of anilines is 1. The molecule has 0 unspecified atom stereocenters. The predicted octanol–water partition coefficient (Wildman–Crippen LogP) is 5.49. The molecule has 0 saturated heterocycles. The molecule has 168 valence electrons. The number of carbonyl (C=O) groups is 1. The molecular formula is C24H23F4N3O. The summed E-state index contributed by atoms with van der Waals surface area (Å²) in [7, 11) is 1.57. The lowest BCUT2D eigenvalue weighted by molar-refractivity contribution is -0.143. The molecule has 4 nitrogen and oxygen atoms in total. The second-order valence-corrected chi connectivity index (χ2v) is 8.15. The highest BCUT2D eigenvalue weighted by molar-refractivity contribution is 6.01. The van der Waals surface area contributed by atoms with Gasteiger partial charge in [0, 0.05) is 36.4 Å². The van der Waals surface area contributed by atoms with Gasteiger partial charge in [0.1, 0.15) is 17.2 Å². The number of nitrogens with zero attached hydrogens (tertiary/aromatic N) is 2. The van der Waals surface area contributed by atoms with Gasteiger partial charge in [-0.15, -0.1) is 0 Å². The van der Waals surface area contributed by atoms with E-state index in [1.165, 1.54) is 24.0 Å². The summed E-state index contributed by atoms with van der Waals surface area (Å²) < 4.78 is 58.7. The van der Waals surface area contributed by atoms with Crippen LogP contribution in [0, 0.1) is 12.7 Å². The van der Waals surface area contributed by atoms with E-state index in [2.05, 4.69) is 0 Å². The zero-order valence-electron chi connectivity index (χ0n) is 17.7. The smallest absolute Gasteiger partial charge is 0.399 e. The quantitative estimate of drug-likeness (QED) is 0.417. The molecule has 8 heteroatoms. The van der Waals surface area contributed by atoms with E-state index in [0.717, 1.165) is 23.5 Å². The van der Waals surface area contributed by atoms with E-state index < -0.39 is 23.6 Å². The van der Waals surface area contributed by atoms with E-state index in [1.807, 2.05) is 0 Å². The van der Waals surface area contributed by atoms with Crippen LogP contribution in [0.1, 0.15) is 40.2 Å². The fraction of sp³-hybridized carbons (Fsp3) is 0.292. The Kier molecular flexibility index (Phi) is 5.48. The van der Waals surface area contributed by atoms with Gasteiger partial charge in [-0.1, -0.05) is 30.3 Å². The van der Waals surface area contributed by atoms with Gasteiger partial charge in [0.15, 0.2) is 0 Å². The summed E-state index contributed by atoms with van der Waals surface area (Å²) >= 11 is 0. The Bertz CT molecular complexity index is 1160. The zero-order chi connectivity index (χ0) is 23.2. The third kappa shape index (κ3) is 3.97. The Morgan fingerprint density at radius 3 is 2.38 bits per heavy atom. The number of rotatable bonds is 5. The highest BCUT2D eigenvalue weighted by Crippen LogP contribution is 2.43. The van der Waals surface area contributed by atoms with Crippen LogP contribution >= 0.6 is 0 Å². The van der Waals surface area contributed by atoms with Gasteiger partial charge in [-0.3, -0.25) is 4.79 Å². The van der Waals surface area contributed by atoms with Crippen molar-refractivity contribution >= 4 is 11.6 Å². The highest BCUT2D eigenvalue weighted by atomic mass is 19.4. The first-order valence-electron chi connectivity index (χ1n) is 10.3. The van der Waals surface area contributed by atoms with Crippen LogP contribution in [0.3, 0.4) is 0 Å². The van der Waals surface area contributed by atoms with Crippen molar-refractivity contribution < 1.29 is 22.4 Å². The van der Waals surface area contributed by atoms with E-state index >= 15 is 0 Å². The van der Waals surface area contributed by atoms with Crippen molar-refractivity contribution in [2.75, 3.05) is 12.8 Å². The van der Waals surface area contributed by atoms with Gasteiger partial charge in [-0.2, -0.15) is 13.2 Å². The molecule has 1 heterocycles. The van der Waals surface area contributed by atoms with E-state index in [9.17, 15) is 22.4 Å².